The zero-order valence-corrected chi connectivity index (χ0v) is 13.2. The molecular formula is C13H27NaO2. The van der Waals surface area contributed by atoms with Crippen LogP contribution in [0.2, 0.25) is 0 Å². The summed E-state index contributed by atoms with van der Waals surface area (Å²) in [5.41, 5.74) is 0. The molecule has 0 rings (SSSR count). The molecule has 0 aromatic heterocycles. The summed E-state index contributed by atoms with van der Waals surface area (Å²) in [6.45, 7) is 3.38. The van der Waals surface area contributed by atoms with Crippen LogP contribution in [-0.4, -0.2) is 13.1 Å². The SMILES string of the molecule is CCCCCCCCCCCCOC=O.[H-].[Na+]. The zero-order valence-electron chi connectivity index (χ0n) is 12.2. The fourth-order valence-corrected chi connectivity index (χ4v) is 1.72. The second kappa shape index (κ2) is 17.9. The number of carbonyl (C=O) groups is 1. The van der Waals surface area contributed by atoms with Crippen molar-refractivity contribution in [1.82, 2.24) is 0 Å². The average molecular weight is 238 g/mol. The minimum Gasteiger partial charge on any atom is -1.00 e. The number of rotatable bonds is 12. The second-order valence-electron chi connectivity index (χ2n) is 4.15. The third kappa shape index (κ3) is 16.9. The number of hydrogen-bond acceptors (Lipinski definition) is 2. The molecule has 0 aliphatic carbocycles. The van der Waals surface area contributed by atoms with Crippen LogP contribution in [0.1, 0.15) is 72.6 Å². The van der Waals surface area contributed by atoms with Crippen molar-refractivity contribution < 1.29 is 40.5 Å². The molecular weight excluding hydrogens is 211 g/mol. The molecule has 0 saturated heterocycles. The predicted octanol–water partition coefficient (Wildman–Crippen LogP) is 1.20. The summed E-state index contributed by atoms with van der Waals surface area (Å²) in [4.78, 5) is 9.84. The van der Waals surface area contributed by atoms with Crippen molar-refractivity contribution in [2.75, 3.05) is 6.61 Å². The van der Waals surface area contributed by atoms with Crippen molar-refractivity contribution in [3.8, 4) is 0 Å². The Morgan fingerprint density at radius 1 is 0.875 bits per heavy atom. The van der Waals surface area contributed by atoms with Crippen molar-refractivity contribution in [3.05, 3.63) is 0 Å². The first kappa shape index (κ1) is 18.8. The number of carbonyl (C=O) groups excluding carboxylic acids is 1. The molecule has 16 heavy (non-hydrogen) atoms. The monoisotopic (exact) mass is 238 g/mol. The van der Waals surface area contributed by atoms with Crippen LogP contribution in [0.3, 0.4) is 0 Å². The first-order chi connectivity index (χ1) is 7.41. The Morgan fingerprint density at radius 3 is 1.75 bits per heavy atom. The average Bonchev–Trinajstić information content (AvgIpc) is 2.26. The molecule has 0 bridgehead atoms. The van der Waals surface area contributed by atoms with E-state index in [0.29, 0.717) is 13.1 Å². The van der Waals surface area contributed by atoms with Gasteiger partial charge in [0.1, 0.15) is 0 Å². The van der Waals surface area contributed by atoms with E-state index in [1.165, 1.54) is 57.8 Å². The molecule has 3 heteroatoms. The first-order valence-electron chi connectivity index (χ1n) is 6.47. The van der Waals surface area contributed by atoms with Crippen LogP contribution < -0.4 is 29.6 Å². The standard InChI is InChI=1S/C13H26O2.Na.H/c1-2-3-4-5-6-7-8-9-10-11-12-15-13-14;;/h13H,2-12H2,1H3;;/q;+1;-1. The van der Waals surface area contributed by atoms with E-state index in [0.717, 1.165) is 6.42 Å². The van der Waals surface area contributed by atoms with Gasteiger partial charge in [-0.05, 0) is 6.42 Å². The van der Waals surface area contributed by atoms with Crippen LogP contribution >= 0.6 is 0 Å². The van der Waals surface area contributed by atoms with Crippen LogP contribution in [0.4, 0.5) is 0 Å². The molecule has 0 heterocycles. The fourth-order valence-electron chi connectivity index (χ4n) is 1.72. The Kier molecular flexibility index (Phi) is 21.0. The predicted molar refractivity (Wildman–Crippen MR) is 65.0 cm³/mol. The summed E-state index contributed by atoms with van der Waals surface area (Å²) in [5.74, 6) is 0. The van der Waals surface area contributed by atoms with Crippen molar-refractivity contribution in [1.29, 1.82) is 0 Å². The molecule has 92 valence electrons. The van der Waals surface area contributed by atoms with Gasteiger partial charge in [0.05, 0.1) is 6.61 Å². The van der Waals surface area contributed by atoms with Gasteiger partial charge in [0, 0.05) is 0 Å². The first-order valence-corrected chi connectivity index (χ1v) is 6.47. The van der Waals surface area contributed by atoms with Crippen LogP contribution in [0.25, 0.3) is 0 Å². The molecule has 0 fully saturated rings. The van der Waals surface area contributed by atoms with Crippen LogP contribution in [0.15, 0.2) is 0 Å². The summed E-state index contributed by atoms with van der Waals surface area (Å²) in [6, 6.07) is 0. The van der Waals surface area contributed by atoms with Gasteiger partial charge in [-0.25, -0.2) is 0 Å². The molecule has 0 amide bonds. The molecule has 0 saturated carbocycles. The number of ether oxygens (including phenoxy) is 1. The largest absolute Gasteiger partial charge is 1.00 e. The van der Waals surface area contributed by atoms with Crippen molar-refractivity contribution in [3.63, 3.8) is 0 Å². The molecule has 0 aromatic rings. The maximum Gasteiger partial charge on any atom is 1.00 e. The molecule has 2 nitrogen and oxygen atoms in total. The maximum absolute atomic E-state index is 9.84. The van der Waals surface area contributed by atoms with Gasteiger partial charge in [0.2, 0.25) is 0 Å². The van der Waals surface area contributed by atoms with E-state index in [9.17, 15) is 4.79 Å². The number of hydrogen-bond donors (Lipinski definition) is 0. The van der Waals surface area contributed by atoms with E-state index >= 15 is 0 Å². The molecule has 0 N–H and O–H groups in total. The van der Waals surface area contributed by atoms with Gasteiger partial charge >= 0.3 is 29.6 Å². The summed E-state index contributed by atoms with van der Waals surface area (Å²) < 4.78 is 4.62. The molecule has 0 spiro atoms. The summed E-state index contributed by atoms with van der Waals surface area (Å²) in [5, 5.41) is 0. The normalized spacial score (nSPS) is 9.56. The van der Waals surface area contributed by atoms with Gasteiger partial charge in [-0.15, -0.1) is 0 Å². The zero-order chi connectivity index (χ0) is 11.2. The van der Waals surface area contributed by atoms with E-state index in [2.05, 4.69) is 11.7 Å². The molecule has 0 aliphatic rings. The summed E-state index contributed by atoms with van der Waals surface area (Å²) in [6.07, 6.45) is 13.1. The van der Waals surface area contributed by atoms with E-state index < -0.39 is 0 Å². The minimum atomic E-state index is 0. The smallest absolute Gasteiger partial charge is 1.00 e. The van der Waals surface area contributed by atoms with E-state index in [4.69, 9.17) is 0 Å². The molecule has 0 aromatic carbocycles. The van der Waals surface area contributed by atoms with Gasteiger partial charge in [0.15, 0.2) is 0 Å². The Hall–Kier alpha value is 0.470. The summed E-state index contributed by atoms with van der Waals surface area (Å²) >= 11 is 0. The quantitative estimate of drug-likeness (QED) is 0.290. The van der Waals surface area contributed by atoms with Crippen LogP contribution in [-0.2, 0) is 9.53 Å². The third-order valence-electron chi connectivity index (χ3n) is 2.68. The Morgan fingerprint density at radius 2 is 1.31 bits per heavy atom. The minimum absolute atomic E-state index is 0. The maximum atomic E-state index is 9.84. The Bertz CT molecular complexity index is 135. The van der Waals surface area contributed by atoms with Gasteiger partial charge in [0.25, 0.3) is 6.47 Å². The molecule has 0 aliphatic heterocycles. The van der Waals surface area contributed by atoms with Gasteiger partial charge in [-0.2, -0.15) is 0 Å². The van der Waals surface area contributed by atoms with E-state index in [1.54, 1.807) is 0 Å². The molecule has 0 atom stereocenters. The van der Waals surface area contributed by atoms with Gasteiger partial charge in [-0.3, -0.25) is 4.79 Å². The van der Waals surface area contributed by atoms with E-state index in [1.807, 2.05) is 0 Å². The van der Waals surface area contributed by atoms with Crippen LogP contribution in [0.5, 0.6) is 0 Å². The van der Waals surface area contributed by atoms with Crippen LogP contribution in [0, 0.1) is 0 Å². The Labute approximate surface area is 124 Å². The number of unbranched alkanes of at least 4 members (excludes halogenated alkanes) is 9. The summed E-state index contributed by atoms with van der Waals surface area (Å²) in [7, 11) is 0. The molecule has 0 unspecified atom stereocenters. The topological polar surface area (TPSA) is 26.3 Å². The second-order valence-corrected chi connectivity index (χ2v) is 4.15. The van der Waals surface area contributed by atoms with Crippen molar-refractivity contribution in [2.24, 2.45) is 0 Å². The fraction of sp³-hybridized carbons (Fsp3) is 0.923. The van der Waals surface area contributed by atoms with Gasteiger partial charge < -0.3 is 6.16 Å². The van der Waals surface area contributed by atoms with Gasteiger partial charge in [-0.1, -0.05) is 64.7 Å². The molecule has 0 radical (unpaired) electrons. The van der Waals surface area contributed by atoms with E-state index in [-0.39, 0.29) is 31.0 Å². The third-order valence-corrected chi connectivity index (χ3v) is 2.68. The van der Waals surface area contributed by atoms with Crippen molar-refractivity contribution >= 4 is 6.47 Å². The Balaban J connectivity index is -0.000000980. The van der Waals surface area contributed by atoms with Crippen molar-refractivity contribution in [2.45, 2.75) is 71.1 Å².